The van der Waals surface area contributed by atoms with E-state index < -0.39 is 7.60 Å². The molecule has 0 aromatic carbocycles. The lowest BCUT2D eigenvalue weighted by atomic mass is 10.0. The van der Waals surface area contributed by atoms with Crippen molar-refractivity contribution in [3.63, 3.8) is 0 Å². The summed E-state index contributed by atoms with van der Waals surface area (Å²) < 4.78 is 18.4. The second-order valence-electron chi connectivity index (χ2n) is 9.67. The van der Waals surface area contributed by atoms with Gasteiger partial charge in [0.2, 0.25) is 0 Å². The molecule has 0 saturated heterocycles. The summed E-state index contributed by atoms with van der Waals surface area (Å²) in [6.07, 6.45) is 24.5. The van der Waals surface area contributed by atoms with Crippen molar-refractivity contribution in [2.24, 2.45) is 0 Å². The van der Waals surface area contributed by atoms with Crippen molar-refractivity contribution in [1.82, 2.24) is 0 Å². The molecule has 0 radical (unpaired) electrons. The minimum atomic E-state index is -3.55. The number of nitrogens with zero attached hydrogens (tertiary/aromatic N) is 1. The van der Waals surface area contributed by atoms with E-state index in [0.29, 0.717) is 17.5 Å². The van der Waals surface area contributed by atoms with Gasteiger partial charge in [0.1, 0.15) is 0 Å². The lowest BCUT2D eigenvalue weighted by Crippen LogP contribution is -2.44. The van der Waals surface area contributed by atoms with Gasteiger partial charge in [-0.1, -0.05) is 96.6 Å². The zero-order valence-corrected chi connectivity index (χ0v) is 21.8. The molecule has 0 saturated carbocycles. The van der Waals surface area contributed by atoms with Crippen LogP contribution in [0.15, 0.2) is 12.2 Å². The topological polar surface area (TPSA) is 46.5 Å². The van der Waals surface area contributed by atoms with Crippen molar-refractivity contribution in [2.75, 3.05) is 27.7 Å². The second kappa shape index (κ2) is 18.4. The van der Waals surface area contributed by atoms with Crippen LogP contribution in [0.1, 0.15) is 117 Å². The molecule has 0 heterocycles. The molecule has 2 unspecified atom stereocenters. The van der Waals surface area contributed by atoms with Crippen molar-refractivity contribution in [3.8, 4) is 0 Å². The van der Waals surface area contributed by atoms with Crippen LogP contribution in [0.2, 0.25) is 0 Å². The van der Waals surface area contributed by atoms with E-state index in [1.54, 1.807) is 0 Å². The van der Waals surface area contributed by atoms with E-state index in [1.807, 2.05) is 28.1 Å². The third-order valence-corrected chi connectivity index (χ3v) is 8.19. The average molecular weight is 447 g/mol. The third-order valence-electron chi connectivity index (χ3n) is 5.83. The Morgan fingerprint density at radius 1 is 0.767 bits per heavy atom. The van der Waals surface area contributed by atoms with Gasteiger partial charge in [0.25, 0.3) is 0 Å². The minimum Gasteiger partial charge on any atom is -0.320 e. The first-order valence-electron chi connectivity index (χ1n) is 12.7. The molecular weight excluding hydrogens is 393 g/mol. The Balaban J connectivity index is 3.45. The Morgan fingerprint density at radius 3 is 1.60 bits per heavy atom. The molecule has 0 aliphatic heterocycles. The number of quaternary nitrogens is 1. The molecule has 0 aliphatic carbocycles. The van der Waals surface area contributed by atoms with E-state index in [-0.39, 0.29) is 5.78 Å². The molecule has 0 amide bonds. The van der Waals surface area contributed by atoms with Crippen LogP contribution in [0.4, 0.5) is 0 Å². The molecule has 0 rings (SSSR count). The average Bonchev–Trinajstić information content (AvgIpc) is 2.66. The van der Waals surface area contributed by atoms with Crippen LogP contribution in [-0.4, -0.2) is 42.9 Å². The van der Waals surface area contributed by atoms with Gasteiger partial charge in [0.15, 0.2) is 5.78 Å². The Hall–Kier alpha value is -0.150. The monoisotopic (exact) mass is 446 g/mol. The number of allylic oxidation sites excluding steroid dienone is 2. The molecule has 0 bridgehead atoms. The van der Waals surface area contributed by atoms with Gasteiger partial charge in [-0.15, -0.1) is 0 Å². The number of unbranched alkanes of at least 4 members (excludes halogenated alkanes) is 13. The smallest absolute Gasteiger partial charge is 0.320 e. The first-order chi connectivity index (χ1) is 14.3. The summed E-state index contributed by atoms with van der Waals surface area (Å²) in [7, 11) is 2.31. The van der Waals surface area contributed by atoms with E-state index in [9.17, 15) is 9.46 Å². The fourth-order valence-electron chi connectivity index (χ4n) is 4.09. The summed E-state index contributed by atoms with van der Waals surface area (Å²) >= 11 is 0. The molecule has 4 nitrogen and oxygen atoms in total. The zero-order chi connectivity index (χ0) is 22.7. The molecule has 30 heavy (non-hydrogen) atoms. The summed E-state index contributed by atoms with van der Waals surface area (Å²) in [5, 5.41) is 0. The number of hydrogen-bond acceptors (Lipinski definition) is 2. The minimum absolute atomic E-state index is 0.347. The summed E-state index contributed by atoms with van der Waals surface area (Å²) in [5.41, 5.74) is 0. The first kappa shape index (κ1) is 29.9. The molecule has 0 aromatic rings. The molecule has 0 aliphatic rings. The van der Waals surface area contributed by atoms with Gasteiger partial charge < -0.3 is 13.9 Å². The van der Waals surface area contributed by atoms with Crippen LogP contribution < -0.4 is 0 Å². The highest BCUT2D eigenvalue weighted by Gasteiger charge is 2.41. The highest BCUT2D eigenvalue weighted by Crippen LogP contribution is 2.51. The van der Waals surface area contributed by atoms with E-state index >= 15 is 0 Å². The predicted molar refractivity (Wildman–Crippen MR) is 132 cm³/mol. The Bertz CT molecular complexity index is 460. The van der Waals surface area contributed by atoms with E-state index in [0.717, 1.165) is 19.3 Å². The highest BCUT2D eigenvalue weighted by atomic mass is 31.2. The summed E-state index contributed by atoms with van der Waals surface area (Å²) in [4.78, 5) is 10.3. The summed E-state index contributed by atoms with van der Waals surface area (Å²) in [5.74, 6) is -0.347. The molecule has 0 fully saturated rings. The van der Waals surface area contributed by atoms with Crippen molar-refractivity contribution >= 4 is 7.60 Å². The van der Waals surface area contributed by atoms with Crippen LogP contribution in [0.3, 0.4) is 0 Å². The largest absolute Gasteiger partial charge is 0.385 e. The van der Waals surface area contributed by atoms with Gasteiger partial charge >= 0.3 is 7.60 Å². The van der Waals surface area contributed by atoms with Crippen LogP contribution >= 0.6 is 7.60 Å². The van der Waals surface area contributed by atoms with Gasteiger partial charge in [-0.2, -0.15) is 0 Å². The molecule has 0 spiro atoms. The fourth-order valence-corrected chi connectivity index (χ4v) is 5.99. The Kier molecular flexibility index (Phi) is 18.3. The zero-order valence-electron chi connectivity index (χ0n) is 20.9. The predicted octanol–water partition coefficient (Wildman–Crippen LogP) is 8.06. The van der Waals surface area contributed by atoms with Gasteiger partial charge in [-0.3, -0.25) is 4.57 Å². The van der Waals surface area contributed by atoms with Gasteiger partial charge in [-0.05, 0) is 25.7 Å². The van der Waals surface area contributed by atoms with Crippen molar-refractivity contribution < 1.29 is 18.5 Å². The van der Waals surface area contributed by atoms with Crippen LogP contribution in [0.5, 0.6) is 0 Å². The van der Waals surface area contributed by atoms with Crippen molar-refractivity contribution in [1.29, 1.82) is 0 Å². The van der Waals surface area contributed by atoms with E-state index in [4.69, 9.17) is 4.52 Å². The van der Waals surface area contributed by atoms with Crippen LogP contribution in [-0.2, 0) is 9.09 Å². The summed E-state index contributed by atoms with van der Waals surface area (Å²) in [6, 6.07) is 0. The maximum absolute atomic E-state index is 12.5. The van der Waals surface area contributed by atoms with E-state index in [1.165, 1.54) is 77.0 Å². The third kappa shape index (κ3) is 16.5. The lowest BCUT2D eigenvalue weighted by Gasteiger charge is -2.35. The Labute approximate surface area is 188 Å². The van der Waals surface area contributed by atoms with Crippen molar-refractivity contribution in [3.05, 3.63) is 12.2 Å². The maximum Gasteiger partial charge on any atom is 0.385 e. The fraction of sp³-hybridized carbons (Fsp3) is 0.920. The standard InChI is InChI=1S/C25H52NO3P/c1-6-8-9-10-11-12-13-14-15-16-17-18-19-20-21-22-23-24-29-30(27,28)25(7-2)26(3,4)5/h8-9,25H,6-7,10-24H2,1-5H3/p+1/b9-8-. The van der Waals surface area contributed by atoms with Crippen LogP contribution in [0, 0.1) is 0 Å². The second-order valence-corrected chi connectivity index (χ2v) is 11.6. The lowest BCUT2D eigenvalue weighted by molar-refractivity contribution is -0.883. The molecule has 1 N–H and O–H groups in total. The Morgan fingerprint density at radius 2 is 1.20 bits per heavy atom. The normalized spacial score (nSPS) is 15.5. The molecule has 0 aromatic heterocycles. The van der Waals surface area contributed by atoms with Gasteiger partial charge in [0, 0.05) is 6.42 Å². The highest BCUT2D eigenvalue weighted by molar-refractivity contribution is 7.53. The first-order valence-corrected chi connectivity index (χ1v) is 14.3. The maximum atomic E-state index is 12.5. The van der Waals surface area contributed by atoms with E-state index in [2.05, 4.69) is 19.1 Å². The molecule has 5 heteroatoms. The summed E-state index contributed by atoms with van der Waals surface area (Å²) in [6.45, 7) is 4.55. The quantitative estimate of drug-likeness (QED) is 0.0839. The molecule has 2 atom stereocenters. The van der Waals surface area contributed by atoms with Gasteiger partial charge in [0.05, 0.1) is 27.7 Å². The van der Waals surface area contributed by atoms with Crippen molar-refractivity contribution in [2.45, 2.75) is 122 Å². The van der Waals surface area contributed by atoms with Crippen LogP contribution in [0.25, 0.3) is 0 Å². The number of rotatable bonds is 21. The number of hydrogen-bond donors (Lipinski definition) is 1. The van der Waals surface area contributed by atoms with Gasteiger partial charge in [-0.25, -0.2) is 0 Å². The molecular formula is C25H53NO3P+. The SMILES string of the molecule is CC/C=C\CCCCCCCCCCCCCCCOP(=O)(O)C(CC)[N+](C)(C)C. The molecule has 180 valence electrons.